The van der Waals surface area contributed by atoms with Gasteiger partial charge in [-0.15, -0.1) is 0 Å². The smallest absolute Gasteiger partial charge is 0.236 e. The van der Waals surface area contributed by atoms with Gasteiger partial charge in [0, 0.05) is 54.4 Å². The molecule has 0 bridgehead atoms. The summed E-state index contributed by atoms with van der Waals surface area (Å²) in [4.78, 5) is 43.0. The Morgan fingerprint density at radius 2 is 1.70 bits per heavy atom. The number of hydrogen-bond donors (Lipinski definition) is 1. The van der Waals surface area contributed by atoms with Crippen molar-refractivity contribution in [3.05, 3.63) is 63.4 Å². The van der Waals surface area contributed by atoms with Crippen molar-refractivity contribution in [2.45, 2.75) is 62.7 Å². The number of nitrogens with one attached hydrogen (secondary N) is 1. The first-order chi connectivity index (χ1) is 20.9. The molecule has 3 atom stereocenters. The number of amides is 2. The van der Waals surface area contributed by atoms with Crippen LogP contribution in [0.15, 0.2) is 36.4 Å². The van der Waals surface area contributed by atoms with Gasteiger partial charge in [0.1, 0.15) is 11.6 Å². The molecule has 2 amide bonds. The standard InChI is InChI=1S/C34H37Cl2F3N2O3/c1-41(2)30(43)20-8-6-19(7-9-20)12-27(42)23-14-33(15-32(16-33,17-37)18-38)34(28(23)22-4-3-5-25(36)29(22)39)24-11-10-21(35)13-26(24)40-31(34)44/h3-5,10-11,13,19-20,23,28H,6-9,12,14-18H2,1-2H3,(H,40,44)/t19?,20?,23-,28-,34+/m0/s1. The van der Waals surface area contributed by atoms with E-state index in [0.29, 0.717) is 42.0 Å². The van der Waals surface area contributed by atoms with E-state index in [1.807, 2.05) is 0 Å². The maximum atomic E-state index is 16.0. The molecule has 3 fully saturated rings. The number of anilines is 1. The second kappa shape index (κ2) is 11.3. The molecule has 2 spiro atoms. The number of fused-ring (bicyclic) bond motifs is 3. The van der Waals surface area contributed by atoms with E-state index in [2.05, 4.69) is 5.32 Å². The van der Waals surface area contributed by atoms with Crippen molar-refractivity contribution >= 4 is 46.5 Å². The van der Waals surface area contributed by atoms with Crippen molar-refractivity contribution in [2.75, 3.05) is 32.8 Å². The number of rotatable bonds is 7. The molecule has 0 radical (unpaired) electrons. The summed E-state index contributed by atoms with van der Waals surface area (Å²) in [5.41, 5.74) is -2.50. The number of Topliss-reactive ketones (excluding diaryl/α,β-unsaturated/α-hetero) is 1. The highest BCUT2D eigenvalue weighted by molar-refractivity contribution is 6.31. The number of nitrogens with zero attached hydrogens (tertiary/aromatic N) is 1. The number of ketones is 1. The van der Waals surface area contributed by atoms with Crippen LogP contribution in [0.3, 0.4) is 0 Å². The zero-order chi connectivity index (χ0) is 31.6. The number of benzene rings is 2. The lowest BCUT2D eigenvalue weighted by Gasteiger charge is -2.59. The maximum absolute atomic E-state index is 16.0. The van der Waals surface area contributed by atoms with Crippen LogP contribution in [0.1, 0.15) is 68.4 Å². The molecule has 0 unspecified atom stereocenters. The minimum Gasteiger partial charge on any atom is -0.349 e. The predicted molar refractivity (Wildman–Crippen MR) is 164 cm³/mol. The summed E-state index contributed by atoms with van der Waals surface area (Å²) < 4.78 is 44.8. The average Bonchev–Trinajstić information content (AvgIpc) is 3.45. The molecule has 3 aliphatic carbocycles. The molecule has 3 saturated carbocycles. The summed E-state index contributed by atoms with van der Waals surface area (Å²) in [5, 5.41) is 3.21. The molecule has 2 aromatic rings. The molecule has 1 heterocycles. The van der Waals surface area contributed by atoms with E-state index >= 15 is 4.39 Å². The molecule has 6 rings (SSSR count). The fourth-order valence-electron chi connectivity index (χ4n) is 9.43. The zero-order valence-corrected chi connectivity index (χ0v) is 26.4. The Bertz CT molecular complexity index is 1500. The van der Waals surface area contributed by atoms with Gasteiger partial charge in [-0.2, -0.15) is 0 Å². The van der Waals surface area contributed by atoms with Gasteiger partial charge in [0.15, 0.2) is 0 Å². The van der Waals surface area contributed by atoms with Gasteiger partial charge in [0.2, 0.25) is 11.8 Å². The summed E-state index contributed by atoms with van der Waals surface area (Å²) >= 11 is 12.6. The molecular weight excluding hydrogens is 612 g/mol. The molecule has 0 aromatic heterocycles. The normalized spacial score (nSPS) is 29.8. The van der Waals surface area contributed by atoms with E-state index < -0.39 is 53.2 Å². The first kappa shape index (κ1) is 31.4. The monoisotopic (exact) mass is 648 g/mol. The summed E-state index contributed by atoms with van der Waals surface area (Å²) in [6, 6.07) is 9.61. The fourth-order valence-corrected chi connectivity index (χ4v) is 9.78. The van der Waals surface area contributed by atoms with Gasteiger partial charge in [0.05, 0.1) is 23.8 Å². The first-order valence-electron chi connectivity index (χ1n) is 15.3. The summed E-state index contributed by atoms with van der Waals surface area (Å²) in [5.74, 6) is -2.87. The minimum absolute atomic E-state index is 0.0479. The highest BCUT2D eigenvalue weighted by atomic mass is 35.5. The fraction of sp³-hybridized carbons (Fsp3) is 0.559. The molecule has 4 aliphatic rings. The highest BCUT2D eigenvalue weighted by Crippen LogP contribution is 2.77. The lowest BCUT2D eigenvalue weighted by Crippen LogP contribution is -2.61. The molecule has 44 heavy (non-hydrogen) atoms. The molecule has 10 heteroatoms. The maximum Gasteiger partial charge on any atom is 0.236 e. The van der Waals surface area contributed by atoms with Crippen LogP contribution >= 0.6 is 23.2 Å². The van der Waals surface area contributed by atoms with E-state index in [4.69, 9.17) is 23.2 Å². The third-order valence-corrected chi connectivity index (χ3v) is 11.7. The number of carbonyl (C=O) groups is 3. The van der Waals surface area contributed by atoms with Crippen molar-refractivity contribution in [1.29, 1.82) is 0 Å². The average molecular weight is 650 g/mol. The summed E-state index contributed by atoms with van der Waals surface area (Å²) in [7, 11) is 3.48. The van der Waals surface area contributed by atoms with Crippen LogP contribution in [-0.2, 0) is 19.8 Å². The zero-order valence-electron chi connectivity index (χ0n) is 24.9. The van der Waals surface area contributed by atoms with Gasteiger partial charge in [0.25, 0.3) is 0 Å². The largest absolute Gasteiger partial charge is 0.349 e. The topological polar surface area (TPSA) is 66.5 Å². The van der Waals surface area contributed by atoms with Gasteiger partial charge in [-0.3, -0.25) is 23.2 Å². The Labute approximate surface area is 265 Å². The van der Waals surface area contributed by atoms with E-state index in [0.717, 1.165) is 0 Å². The van der Waals surface area contributed by atoms with Crippen molar-refractivity contribution in [1.82, 2.24) is 4.90 Å². The lowest BCUT2D eigenvalue weighted by molar-refractivity contribution is -0.143. The van der Waals surface area contributed by atoms with E-state index in [1.165, 1.54) is 6.07 Å². The van der Waals surface area contributed by atoms with Gasteiger partial charge in [-0.25, -0.2) is 4.39 Å². The van der Waals surface area contributed by atoms with Gasteiger partial charge >= 0.3 is 0 Å². The van der Waals surface area contributed by atoms with Crippen molar-refractivity contribution in [2.24, 2.45) is 28.6 Å². The predicted octanol–water partition coefficient (Wildman–Crippen LogP) is 7.69. The number of carbonyl (C=O) groups excluding carboxylic acids is 3. The van der Waals surface area contributed by atoms with Crippen LogP contribution in [-0.4, -0.2) is 49.9 Å². The first-order valence-corrected chi connectivity index (χ1v) is 16.1. The molecular formula is C34H37Cl2F3N2O3. The molecule has 236 valence electrons. The summed E-state index contributed by atoms with van der Waals surface area (Å²) in [6.45, 7) is -1.78. The SMILES string of the molecule is CN(C)C(=O)C1CCC(CC(=O)[C@@H]2CC3(CC(CF)(CF)C3)[C@@]3(C(=O)Nc4cc(Cl)ccc43)[C@H]2c2cccc(Cl)c2F)CC1. The molecule has 0 saturated heterocycles. The van der Waals surface area contributed by atoms with Crippen molar-refractivity contribution in [3.8, 4) is 0 Å². The Balaban J connectivity index is 1.44. The van der Waals surface area contributed by atoms with Crippen LogP contribution in [0.4, 0.5) is 18.9 Å². The van der Waals surface area contributed by atoms with Crippen LogP contribution < -0.4 is 5.32 Å². The molecule has 2 aromatic carbocycles. The van der Waals surface area contributed by atoms with Gasteiger partial charge < -0.3 is 10.2 Å². The molecule has 5 nitrogen and oxygen atoms in total. The Morgan fingerprint density at radius 1 is 1.02 bits per heavy atom. The van der Waals surface area contributed by atoms with E-state index in [9.17, 15) is 23.2 Å². The van der Waals surface area contributed by atoms with Gasteiger partial charge in [-0.05, 0) is 85.6 Å². The van der Waals surface area contributed by atoms with Crippen molar-refractivity contribution in [3.63, 3.8) is 0 Å². The Morgan fingerprint density at radius 3 is 2.34 bits per heavy atom. The van der Waals surface area contributed by atoms with E-state index in [1.54, 1.807) is 49.3 Å². The third-order valence-electron chi connectivity index (χ3n) is 11.2. The molecule has 1 N–H and O–H groups in total. The molecule has 1 aliphatic heterocycles. The quantitative estimate of drug-likeness (QED) is 0.335. The van der Waals surface area contributed by atoms with Gasteiger partial charge in [-0.1, -0.05) is 41.4 Å². The van der Waals surface area contributed by atoms with Crippen LogP contribution in [0.2, 0.25) is 10.0 Å². The number of hydrogen-bond acceptors (Lipinski definition) is 3. The third kappa shape index (κ3) is 4.60. The van der Waals surface area contributed by atoms with Crippen LogP contribution in [0.5, 0.6) is 0 Å². The van der Waals surface area contributed by atoms with Crippen LogP contribution in [0, 0.1) is 34.4 Å². The second-order valence-corrected chi connectivity index (χ2v) is 14.7. The summed E-state index contributed by atoms with van der Waals surface area (Å²) in [6.07, 6.45) is 3.34. The minimum atomic E-state index is -1.46. The lowest BCUT2D eigenvalue weighted by atomic mass is 9.43. The Kier molecular flexibility index (Phi) is 8.09. The number of alkyl halides is 2. The number of halogens is 5. The van der Waals surface area contributed by atoms with Crippen molar-refractivity contribution < 1.29 is 27.6 Å². The Hall–Kier alpha value is -2.58. The van der Waals surface area contributed by atoms with Crippen LogP contribution in [0.25, 0.3) is 0 Å². The highest BCUT2D eigenvalue weighted by Gasteiger charge is 2.77. The van der Waals surface area contributed by atoms with E-state index in [-0.39, 0.29) is 59.8 Å². The second-order valence-electron chi connectivity index (χ2n) is 13.9.